The summed E-state index contributed by atoms with van der Waals surface area (Å²) in [6.45, 7) is 1.79. The number of nitrogens with zero attached hydrogens (tertiary/aromatic N) is 1. The molecule has 0 saturated carbocycles. The van der Waals surface area contributed by atoms with Crippen LogP contribution in [0.15, 0.2) is 12.1 Å². The Morgan fingerprint density at radius 2 is 2.23 bits per heavy atom. The summed E-state index contributed by atoms with van der Waals surface area (Å²) in [5.41, 5.74) is 8.15. The number of likely N-dealkylation sites (N-methyl/N-ethyl adjacent to an activating group) is 1. The van der Waals surface area contributed by atoms with E-state index in [0.29, 0.717) is 5.69 Å². The number of hydrogen-bond acceptors (Lipinski definition) is 2. The van der Waals surface area contributed by atoms with Gasteiger partial charge in [-0.2, -0.15) is 0 Å². The topological polar surface area (TPSA) is 29.3 Å². The third kappa shape index (κ3) is 1.40. The maximum Gasteiger partial charge on any atom is 0.146 e. The van der Waals surface area contributed by atoms with Crippen molar-refractivity contribution < 1.29 is 4.39 Å². The first-order valence-corrected chi connectivity index (χ1v) is 4.43. The molecule has 0 unspecified atom stereocenters. The molecule has 1 heterocycles. The molecule has 0 fully saturated rings. The van der Waals surface area contributed by atoms with Crippen molar-refractivity contribution in [1.82, 2.24) is 4.90 Å². The SMILES string of the molecule is CN1CCc2ccc(F)c(N)c2C1. The quantitative estimate of drug-likeness (QED) is 0.611. The molecule has 0 atom stereocenters. The normalized spacial score (nSPS) is 17.1. The lowest BCUT2D eigenvalue weighted by atomic mass is 9.98. The van der Waals surface area contributed by atoms with Crippen molar-refractivity contribution in [2.75, 3.05) is 19.3 Å². The van der Waals surface area contributed by atoms with E-state index in [2.05, 4.69) is 4.90 Å². The fourth-order valence-electron chi connectivity index (χ4n) is 1.76. The molecular formula is C10H13FN2. The summed E-state index contributed by atoms with van der Waals surface area (Å²) >= 11 is 0. The van der Waals surface area contributed by atoms with Gasteiger partial charge in [-0.3, -0.25) is 0 Å². The Morgan fingerprint density at radius 1 is 1.46 bits per heavy atom. The molecule has 13 heavy (non-hydrogen) atoms. The highest BCUT2D eigenvalue weighted by Crippen LogP contribution is 2.25. The summed E-state index contributed by atoms with van der Waals surface area (Å²) in [6.07, 6.45) is 0.969. The number of hydrogen-bond donors (Lipinski definition) is 1. The lowest BCUT2D eigenvalue weighted by Gasteiger charge is -2.26. The standard InChI is InChI=1S/C10H13FN2/c1-13-5-4-7-2-3-9(11)10(12)8(7)6-13/h2-3H,4-6,12H2,1H3. The minimum atomic E-state index is -0.297. The molecule has 1 aliphatic heterocycles. The maximum atomic E-state index is 13.1. The molecule has 1 aliphatic rings. The number of nitrogens with two attached hydrogens (primary N) is 1. The molecule has 1 aromatic rings. The van der Waals surface area contributed by atoms with Crippen molar-refractivity contribution in [2.24, 2.45) is 0 Å². The Kier molecular flexibility index (Phi) is 1.96. The van der Waals surface area contributed by atoms with Crippen molar-refractivity contribution in [3.8, 4) is 0 Å². The van der Waals surface area contributed by atoms with Gasteiger partial charge in [-0.05, 0) is 30.7 Å². The van der Waals surface area contributed by atoms with Crippen LogP contribution in [0.1, 0.15) is 11.1 Å². The summed E-state index contributed by atoms with van der Waals surface area (Å²) in [5.74, 6) is -0.297. The van der Waals surface area contributed by atoms with Crippen LogP contribution in [-0.4, -0.2) is 18.5 Å². The van der Waals surface area contributed by atoms with Gasteiger partial charge in [-0.25, -0.2) is 4.39 Å². The predicted octanol–water partition coefficient (Wildman–Crippen LogP) is 1.40. The van der Waals surface area contributed by atoms with Crippen molar-refractivity contribution in [3.05, 3.63) is 29.1 Å². The average molecular weight is 180 g/mol. The van der Waals surface area contributed by atoms with E-state index in [-0.39, 0.29) is 5.82 Å². The van der Waals surface area contributed by atoms with Crippen molar-refractivity contribution in [2.45, 2.75) is 13.0 Å². The van der Waals surface area contributed by atoms with Gasteiger partial charge in [0.05, 0.1) is 5.69 Å². The molecule has 0 radical (unpaired) electrons. The van der Waals surface area contributed by atoms with Gasteiger partial charge in [0.15, 0.2) is 0 Å². The second-order valence-electron chi connectivity index (χ2n) is 3.59. The van der Waals surface area contributed by atoms with Gasteiger partial charge in [-0.1, -0.05) is 6.07 Å². The van der Waals surface area contributed by atoms with E-state index >= 15 is 0 Å². The Morgan fingerprint density at radius 3 is 3.00 bits per heavy atom. The van der Waals surface area contributed by atoms with E-state index in [4.69, 9.17) is 5.73 Å². The van der Waals surface area contributed by atoms with Crippen LogP contribution in [0.25, 0.3) is 0 Å². The highest BCUT2D eigenvalue weighted by Gasteiger charge is 2.17. The second kappa shape index (κ2) is 3.00. The van der Waals surface area contributed by atoms with E-state index in [9.17, 15) is 4.39 Å². The molecular weight excluding hydrogens is 167 g/mol. The second-order valence-corrected chi connectivity index (χ2v) is 3.59. The lowest BCUT2D eigenvalue weighted by Crippen LogP contribution is -2.27. The molecule has 3 heteroatoms. The van der Waals surface area contributed by atoms with Crippen LogP contribution in [0.4, 0.5) is 10.1 Å². The van der Waals surface area contributed by atoms with Crippen molar-refractivity contribution in [1.29, 1.82) is 0 Å². The minimum absolute atomic E-state index is 0.297. The largest absolute Gasteiger partial charge is 0.396 e. The van der Waals surface area contributed by atoms with E-state index in [1.54, 1.807) is 0 Å². The summed E-state index contributed by atoms with van der Waals surface area (Å²) in [4.78, 5) is 2.15. The van der Waals surface area contributed by atoms with Gasteiger partial charge in [0.25, 0.3) is 0 Å². The molecule has 0 bridgehead atoms. The highest BCUT2D eigenvalue weighted by atomic mass is 19.1. The first-order valence-electron chi connectivity index (χ1n) is 4.43. The first kappa shape index (κ1) is 8.51. The molecule has 2 N–H and O–H groups in total. The van der Waals surface area contributed by atoms with Crippen LogP contribution in [0.5, 0.6) is 0 Å². The number of anilines is 1. The maximum absolute atomic E-state index is 13.1. The zero-order chi connectivity index (χ0) is 9.42. The molecule has 2 nitrogen and oxygen atoms in total. The molecule has 70 valence electrons. The average Bonchev–Trinajstić information content (AvgIpc) is 2.12. The zero-order valence-electron chi connectivity index (χ0n) is 7.68. The van der Waals surface area contributed by atoms with Crippen LogP contribution < -0.4 is 5.73 Å². The van der Waals surface area contributed by atoms with Crippen molar-refractivity contribution in [3.63, 3.8) is 0 Å². The van der Waals surface area contributed by atoms with Crippen LogP contribution >= 0.6 is 0 Å². The Hall–Kier alpha value is -1.09. The molecule has 0 amide bonds. The van der Waals surface area contributed by atoms with Gasteiger partial charge < -0.3 is 10.6 Å². The van der Waals surface area contributed by atoms with E-state index < -0.39 is 0 Å². The zero-order valence-corrected chi connectivity index (χ0v) is 7.68. The number of fused-ring (bicyclic) bond motifs is 1. The minimum Gasteiger partial charge on any atom is -0.396 e. The van der Waals surface area contributed by atoms with E-state index in [0.717, 1.165) is 25.1 Å². The van der Waals surface area contributed by atoms with Gasteiger partial charge in [-0.15, -0.1) is 0 Å². The predicted molar refractivity (Wildman–Crippen MR) is 50.9 cm³/mol. The monoisotopic (exact) mass is 180 g/mol. The molecule has 1 aromatic carbocycles. The third-order valence-corrected chi connectivity index (χ3v) is 2.59. The van der Waals surface area contributed by atoms with Crippen LogP contribution in [0.3, 0.4) is 0 Å². The van der Waals surface area contributed by atoms with Gasteiger partial charge in [0.1, 0.15) is 5.82 Å². The summed E-state index contributed by atoms with van der Waals surface area (Å²) < 4.78 is 13.1. The molecule has 0 aliphatic carbocycles. The van der Waals surface area contributed by atoms with Gasteiger partial charge in [0, 0.05) is 13.1 Å². The lowest BCUT2D eigenvalue weighted by molar-refractivity contribution is 0.313. The molecule has 0 saturated heterocycles. The Balaban J connectivity index is 2.48. The van der Waals surface area contributed by atoms with E-state index in [1.807, 2.05) is 13.1 Å². The fourth-order valence-corrected chi connectivity index (χ4v) is 1.76. The van der Waals surface area contributed by atoms with Crippen LogP contribution in [-0.2, 0) is 13.0 Å². The molecule has 0 aromatic heterocycles. The van der Waals surface area contributed by atoms with Gasteiger partial charge >= 0.3 is 0 Å². The van der Waals surface area contributed by atoms with E-state index in [1.165, 1.54) is 11.6 Å². The number of rotatable bonds is 0. The first-order chi connectivity index (χ1) is 6.18. The fraction of sp³-hybridized carbons (Fsp3) is 0.400. The highest BCUT2D eigenvalue weighted by molar-refractivity contribution is 5.52. The van der Waals surface area contributed by atoms with Gasteiger partial charge in [0.2, 0.25) is 0 Å². The Labute approximate surface area is 77.2 Å². The molecule has 0 spiro atoms. The van der Waals surface area contributed by atoms with Crippen LogP contribution in [0, 0.1) is 5.82 Å². The third-order valence-electron chi connectivity index (χ3n) is 2.59. The summed E-state index contributed by atoms with van der Waals surface area (Å²) in [6, 6.07) is 3.30. The Bertz CT molecular complexity index is 336. The number of nitrogen functional groups attached to an aromatic ring is 1. The van der Waals surface area contributed by atoms with Crippen LogP contribution in [0.2, 0.25) is 0 Å². The number of halogens is 1. The van der Waals surface area contributed by atoms with Crippen molar-refractivity contribution >= 4 is 5.69 Å². The summed E-state index contributed by atoms with van der Waals surface area (Å²) in [5, 5.41) is 0. The molecule has 2 rings (SSSR count). The number of benzene rings is 1. The summed E-state index contributed by atoms with van der Waals surface area (Å²) in [7, 11) is 2.02. The smallest absolute Gasteiger partial charge is 0.146 e.